The number of pyridine rings is 1. The fourth-order valence-electron chi connectivity index (χ4n) is 3.07. The summed E-state index contributed by atoms with van der Waals surface area (Å²) < 4.78 is 5.36. The molecule has 1 amide bonds. The number of ether oxygens (including phenoxy) is 1. The number of hydrogen-bond acceptors (Lipinski definition) is 4. The van der Waals surface area contributed by atoms with Crippen LogP contribution in [0, 0.1) is 17.8 Å². The monoisotopic (exact) mass is 288 g/mol. The van der Waals surface area contributed by atoms with Crippen molar-refractivity contribution in [2.75, 3.05) is 13.1 Å². The predicted octanol–water partition coefficient (Wildman–Crippen LogP) is 2.38. The number of Topliss-reactive ketones (excluding diaryl/α,β-unsaturated/α-hetero) is 1. The molecule has 3 rings (SSSR count). The van der Waals surface area contributed by atoms with Crippen LogP contribution in [-0.2, 0) is 4.74 Å². The zero-order valence-corrected chi connectivity index (χ0v) is 12.6. The van der Waals surface area contributed by atoms with E-state index in [1.165, 1.54) is 0 Å². The van der Waals surface area contributed by atoms with Crippen LogP contribution in [0.15, 0.2) is 24.4 Å². The lowest BCUT2D eigenvalue weighted by Crippen LogP contribution is -2.37. The van der Waals surface area contributed by atoms with E-state index >= 15 is 0 Å². The third-order valence-electron chi connectivity index (χ3n) is 4.07. The van der Waals surface area contributed by atoms with Gasteiger partial charge >= 0.3 is 6.09 Å². The lowest BCUT2D eigenvalue weighted by molar-refractivity contribution is 0.0263. The molecule has 0 aromatic carbocycles. The number of likely N-dealkylation sites (tertiary alicyclic amines) is 1. The van der Waals surface area contributed by atoms with Gasteiger partial charge in [0.1, 0.15) is 11.3 Å². The molecule has 0 bridgehead atoms. The van der Waals surface area contributed by atoms with E-state index in [1.807, 2.05) is 26.8 Å². The van der Waals surface area contributed by atoms with E-state index in [0.29, 0.717) is 18.8 Å². The molecule has 1 aliphatic carbocycles. The molecule has 1 aliphatic heterocycles. The first-order chi connectivity index (χ1) is 9.87. The van der Waals surface area contributed by atoms with E-state index in [-0.39, 0.29) is 29.6 Å². The minimum Gasteiger partial charge on any atom is -0.444 e. The van der Waals surface area contributed by atoms with Gasteiger partial charge in [0.2, 0.25) is 0 Å². The molecular formula is C16H20N2O3. The van der Waals surface area contributed by atoms with Gasteiger partial charge in [-0.1, -0.05) is 6.07 Å². The van der Waals surface area contributed by atoms with Crippen LogP contribution < -0.4 is 0 Å². The Morgan fingerprint density at radius 1 is 1.24 bits per heavy atom. The van der Waals surface area contributed by atoms with Gasteiger partial charge in [-0.15, -0.1) is 0 Å². The summed E-state index contributed by atoms with van der Waals surface area (Å²) in [4.78, 5) is 30.1. The van der Waals surface area contributed by atoms with E-state index in [2.05, 4.69) is 4.98 Å². The highest BCUT2D eigenvalue weighted by molar-refractivity contribution is 5.98. The van der Waals surface area contributed by atoms with Crippen LogP contribution in [0.25, 0.3) is 0 Å². The first kappa shape index (κ1) is 14.0. The Morgan fingerprint density at radius 2 is 1.90 bits per heavy atom. The van der Waals surface area contributed by atoms with Gasteiger partial charge in [-0.3, -0.25) is 9.78 Å². The fraction of sp³-hybridized carbons (Fsp3) is 0.562. The van der Waals surface area contributed by atoms with Crippen molar-refractivity contribution in [3.63, 3.8) is 0 Å². The predicted molar refractivity (Wildman–Crippen MR) is 76.8 cm³/mol. The molecular weight excluding hydrogens is 268 g/mol. The van der Waals surface area contributed by atoms with Crippen molar-refractivity contribution in [2.45, 2.75) is 26.4 Å². The molecule has 2 unspecified atom stereocenters. The minimum atomic E-state index is -0.479. The summed E-state index contributed by atoms with van der Waals surface area (Å²) in [5.74, 6) is 0.673. The van der Waals surface area contributed by atoms with Crippen molar-refractivity contribution in [3.05, 3.63) is 30.1 Å². The number of fused-ring (bicyclic) bond motifs is 1. The van der Waals surface area contributed by atoms with Gasteiger partial charge in [-0.05, 0) is 44.7 Å². The SMILES string of the molecule is CC(C)(C)OC(=O)N1CC2C(C(=O)c3ccccn3)[C@@H]2C1. The van der Waals surface area contributed by atoms with Gasteiger partial charge in [0.05, 0.1) is 0 Å². The van der Waals surface area contributed by atoms with Crippen LogP contribution >= 0.6 is 0 Å². The molecule has 5 nitrogen and oxygen atoms in total. The number of carbonyl (C=O) groups is 2. The van der Waals surface area contributed by atoms with E-state index < -0.39 is 5.60 Å². The van der Waals surface area contributed by atoms with Crippen LogP contribution in [0.5, 0.6) is 0 Å². The number of carbonyl (C=O) groups excluding carboxylic acids is 2. The highest BCUT2D eigenvalue weighted by atomic mass is 16.6. The largest absolute Gasteiger partial charge is 0.444 e. The van der Waals surface area contributed by atoms with Gasteiger partial charge in [-0.2, -0.15) is 0 Å². The molecule has 1 saturated heterocycles. The number of amides is 1. The first-order valence-electron chi connectivity index (χ1n) is 7.30. The van der Waals surface area contributed by atoms with Crippen molar-refractivity contribution >= 4 is 11.9 Å². The van der Waals surface area contributed by atoms with E-state index in [1.54, 1.807) is 23.2 Å². The second kappa shape index (κ2) is 4.83. The van der Waals surface area contributed by atoms with Crippen molar-refractivity contribution in [1.29, 1.82) is 0 Å². The number of aromatic nitrogens is 1. The number of piperidine rings is 1. The Hall–Kier alpha value is -1.91. The van der Waals surface area contributed by atoms with Gasteiger partial charge in [0.15, 0.2) is 5.78 Å². The third-order valence-corrected chi connectivity index (χ3v) is 4.07. The second-order valence-corrected chi connectivity index (χ2v) is 6.82. The fourth-order valence-corrected chi connectivity index (χ4v) is 3.07. The molecule has 2 heterocycles. The maximum absolute atomic E-state index is 12.3. The van der Waals surface area contributed by atoms with Crippen LogP contribution in [-0.4, -0.2) is 40.5 Å². The topological polar surface area (TPSA) is 59.5 Å². The highest BCUT2D eigenvalue weighted by Crippen LogP contribution is 2.53. The van der Waals surface area contributed by atoms with Gasteiger partial charge < -0.3 is 9.64 Å². The average Bonchev–Trinajstić information content (AvgIpc) is 2.90. The number of nitrogens with zero attached hydrogens (tertiary/aromatic N) is 2. The summed E-state index contributed by atoms with van der Waals surface area (Å²) in [6, 6.07) is 5.38. The van der Waals surface area contributed by atoms with Gasteiger partial charge in [0.25, 0.3) is 0 Å². The highest BCUT2D eigenvalue weighted by Gasteiger charge is 2.60. The summed E-state index contributed by atoms with van der Waals surface area (Å²) in [7, 11) is 0. The molecule has 21 heavy (non-hydrogen) atoms. The van der Waals surface area contributed by atoms with E-state index in [0.717, 1.165) is 0 Å². The van der Waals surface area contributed by atoms with Crippen LogP contribution in [0.3, 0.4) is 0 Å². The molecule has 2 aliphatic rings. The Labute approximate surface area is 124 Å². The Bertz CT molecular complexity index is 553. The van der Waals surface area contributed by atoms with Gasteiger partial charge in [0, 0.05) is 25.2 Å². The molecule has 0 spiro atoms. The minimum absolute atomic E-state index is 0.0265. The Kier molecular flexibility index (Phi) is 3.23. The molecule has 1 saturated carbocycles. The van der Waals surface area contributed by atoms with Crippen molar-refractivity contribution in [3.8, 4) is 0 Å². The zero-order chi connectivity index (χ0) is 15.2. The number of hydrogen-bond donors (Lipinski definition) is 0. The standard InChI is InChI=1S/C16H20N2O3/c1-16(2,3)21-15(20)18-8-10-11(9-18)13(10)14(19)12-6-4-5-7-17-12/h4-7,10-11,13H,8-9H2,1-3H3/t10-,11?,13?/m1/s1. The third kappa shape index (κ3) is 2.77. The molecule has 3 atom stereocenters. The summed E-state index contributed by atoms with van der Waals surface area (Å²) in [6.07, 6.45) is 1.36. The molecule has 1 aromatic rings. The quantitative estimate of drug-likeness (QED) is 0.784. The van der Waals surface area contributed by atoms with Gasteiger partial charge in [-0.25, -0.2) is 4.79 Å². The lowest BCUT2D eigenvalue weighted by Gasteiger charge is -2.25. The van der Waals surface area contributed by atoms with Crippen molar-refractivity contribution in [2.24, 2.45) is 17.8 Å². The zero-order valence-electron chi connectivity index (χ0n) is 12.6. The normalized spacial score (nSPS) is 27.2. The second-order valence-electron chi connectivity index (χ2n) is 6.82. The Balaban J connectivity index is 1.57. The molecule has 5 heteroatoms. The van der Waals surface area contributed by atoms with E-state index in [9.17, 15) is 9.59 Å². The smallest absolute Gasteiger partial charge is 0.410 e. The molecule has 1 aromatic heterocycles. The molecule has 0 N–H and O–H groups in total. The molecule has 112 valence electrons. The van der Waals surface area contributed by atoms with E-state index in [4.69, 9.17) is 4.74 Å². The van der Waals surface area contributed by atoms with Crippen LogP contribution in [0.1, 0.15) is 31.3 Å². The first-order valence-corrected chi connectivity index (χ1v) is 7.30. The molecule has 0 radical (unpaired) electrons. The van der Waals surface area contributed by atoms with Crippen molar-refractivity contribution in [1.82, 2.24) is 9.88 Å². The summed E-state index contributed by atoms with van der Waals surface area (Å²) in [5, 5.41) is 0. The number of rotatable bonds is 2. The van der Waals surface area contributed by atoms with Crippen LogP contribution in [0.2, 0.25) is 0 Å². The van der Waals surface area contributed by atoms with Crippen LogP contribution in [0.4, 0.5) is 4.79 Å². The summed E-state index contributed by atoms with van der Waals surface area (Å²) in [5.41, 5.74) is 0.0493. The lowest BCUT2D eigenvalue weighted by atomic mass is 10.1. The summed E-state index contributed by atoms with van der Waals surface area (Å²) >= 11 is 0. The Morgan fingerprint density at radius 3 is 2.43 bits per heavy atom. The van der Waals surface area contributed by atoms with Crippen molar-refractivity contribution < 1.29 is 14.3 Å². The maximum Gasteiger partial charge on any atom is 0.410 e. The summed E-state index contributed by atoms with van der Waals surface area (Å²) in [6.45, 7) is 6.80. The average molecular weight is 288 g/mol. The number of ketones is 1. The maximum atomic E-state index is 12.3. The molecule has 2 fully saturated rings.